The second-order valence-electron chi connectivity index (χ2n) is 14.9. The summed E-state index contributed by atoms with van der Waals surface area (Å²) in [5.41, 5.74) is 5.83. The molecule has 0 amide bonds. The molecule has 56 heavy (non-hydrogen) atoms. The van der Waals surface area contributed by atoms with Gasteiger partial charge in [-0.2, -0.15) is 0 Å². The van der Waals surface area contributed by atoms with Crippen LogP contribution in [-0.4, -0.2) is 60.6 Å². The smallest absolute Gasteiger partial charge is 0.372 e. The number of halogens is 4. The van der Waals surface area contributed by atoms with Gasteiger partial charge >= 0.3 is 14.8 Å². The normalized spacial score (nSPS) is 20.2. The number of hydrogen-bond acceptors (Lipinski definition) is 8. The third-order valence-electron chi connectivity index (χ3n) is 11.7. The number of aromatic nitrogens is 2. The van der Waals surface area contributed by atoms with E-state index < -0.39 is 26.9 Å². The van der Waals surface area contributed by atoms with E-state index in [0.29, 0.717) is 43.3 Å². The van der Waals surface area contributed by atoms with Gasteiger partial charge < -0.3 is 19.4 Å². The Kier molecular flexibility index (Phi) is 9.28. The van der Waals surface area contributed by atoms with Gasteiger partial charge in [0.25, 0.3) is 0 Å². The molecule has 4 aromatic carbocycles. The lowest BCUT2D eigenvalue weighted by Gasteiger charge is -2.33. The summed E-state index contributed by atoms with van der Waals surface area (Å²) >= 11 is 2.67. The highest BCUT2D eigenvalue weighted by Crippen LogP contribution is 2.62. The maximum atomic E-state index is 16.1. The number of piperidine rings is 2. The number of para-hydroxylation sites is 2. The zero-order chi connectivity index (χ0) is 37.9. The Hall–Kier alpha value is -4.81. The molecule has 6 aromatic rings. The lowest BCUT2D eigenvalue weighted by molar-refractivity contribution is 0.416. The monoisotopic (exact) mass is 788 g/mol. The molecular weight excluding hydrogens is 750 g/mol. The van der Waals surface area contributed by atoms with Crippen molar-refractivity contribution in [3.63, 3.8) is 0 Å². The number of thiazole rings is 2. The van der Waals surface area contributed by atoms with Gasteiger partial charge in [-0.15, -0.1) is 22.7 Å². The van der Waals surface area contributed by atoms with Gasteiger partial charge in [0, 0.05) is 60.1 Å². The first-order valence-corrected chi connectivity index (χ1v) is 21.1. The quantitative estimate of drug-likeness (QED) is 0.113. The minimum absolute atomic E-state index is 0.235. The minimum atomic E-state index is -2.96. The van der Waals surface area contributed by atoms with Crippen LogP contribution in [0.5, 0.6) is 0 Å². The molecule has 0 N–H and O–H groups in total. The molecule has 2 atom stereocenters. The molecule has 2 fully saturated rings. The van der Waals surface area contributed by atoms with Crippen molar-refractivity contribution in [3.8, 4) is 0 Å². The maximum absolute atomic E-state index is 16.1. The van der Waals surface area contributed by atoms with Crippen LogP contribution in [0.15, 0.2) is 108 Å². The van der Waals surface area contributed by atoms with Crippen molar-refractivity contribution >= 4 is 80.7 Å². The molecule has 0 radical (unpaired) electrons. The van der Waals surface area contributed by atoms with Crippen molar-refractivity contribution in [2.24, 2.45) is 0 Å². The van der Waals surface area contributed by atoms with E-state index in [1.54, 1.807) is 0 Å². The highest BCUT2D eigenvalue weighted by atomic mass is 32.1. The van der Waals surface area contributed by atoms with E-state index in [0.717, 1.165) is 82.3 Å². The molecule has 2 aromatic heterocycles. The van der Waals surface area contributed by atoms with Crippen molar-refractivity contribution in [2.75, 3.05) is 36.0 Å². The van der Waals surface area contributed by atoms with Crippen molar-refractivity contribution < 1.29 is 17.3 Å². The lowest BCUT2D eigenvalue weighted by Crippen LogP contribution is -2.36. The predicted octanol–water partition coefficient (Wildman–Crippen LogP) is 11.0. The van der Waals surface area contributed by atoms with Crippen LogP contribution < -0.4 is 9.80 Å². The molecule has 0 bridgehead atoms. The summed E-state index contributed by atoms with van der Waals surface area (Å²) in [4.78, 5) is 16.8. The Morgan fingerprint density at radius 2 is 0.857 bits per heavy atom. The van der Waals surface area contributed by atoms with Gasteiger partial charge in [0.15, 0.2) is 0 Å². The number of rotatable bonds is 8. The Labute approximate surface area is 332 Å². The second kappa shape index (κ2) is 14.6. The van der Waals surface area contributed by atoms with Crippen LogP contribution in [-0.2, 0) is 0 Å². The topological polar surface area (TPSA) is 38.7 Å². The fourth-order valence-electron chi connectivity index (χ4n) is 9.12. The highest BCUT2D eigenvalue weighted by Gasteiger charge is 2.57. The maximum Gasteiger partial charge on any atom is 0.674 e. The number of nitrogens with zero attached hydrogens (tertiary/aromatic N) is 6. The Morgan fingerprint density at radius 3 is 1.21 bits per heavy atom. The third-order valence-corrected chi connectivity index (χ3v) is 13.8. The standard InChI is InChI=1S/C42H38B2F4N6S2/c45-43(46)53-37(27-15-19-29(20-16-27)51-23-7-1-8-24-51)35-36(40(53)42-50-32-12-4-6-14-34(32)56-42)38(28-17-21-30(22-18-28)52-25-9-2-10-26-52)54(44(47)48)39(35)41-49-31-11-3-5-13-33(31)55-41/h3-6,11-22,39-40H,1-2,7-10,23-26H2. The molecule has 4 aliphatic rings. The fourth-order valence-corrected chi connectivity index (χ4v) is 11.3. The van der Waals surface area contributed by atoms with E-state index >= 15 is 17.3 Å². The molecule has 2 unspecified atom stereocenters. The number of anilines is 2. The molecule has 0 spiro atoms. The Balaban J connectivity index is 1.24. The molecule has 10 rings (SSSR count). The number of benzene rings is 4. The van der Waals surface area contributed by atoms with Crippen LogP contribution in [0.3, 0.4) is 0 Å². The molecule has 2 saturated heterocycles. The van der Waals surface area contributed by atoms with Gasteiger partial charge in [-0.25, -0.2) is 9.97 Å². The van der Waals surface area contributed by atoms with Crippen molar-refractivity contribution in [3.05, 3.63) is 129 Å². The van der Waals surface area contributed by atoms with Crippen LogP contribution in [0.25, 0.3) is 31.8 Å². The van der Waals surface area contributed by atoms with E-state index in [2.05, 4.69) is 9.80 Å². The summed E-state index contributed by atoms with van der Waals surface area (Å²) in [7, 11) is -5.93. The summed E-state index contributed by atoms with van der Waals surface area (Å²) < 4.78 is 66.3. The van der Waals surface area contributed by atoms with Crippen molar-refractivity contribution in [2.45, 2.75) is 50.6 Å². The van der Waals surface area contributed by atoms with Crippen LogP contribution in [0.4, 0.5) is 28.6 Å². The highest BCUT2D eigenvalue weighted by molar-refractivity contribution is 7.19. The predicted molar refractivity (Wildman–Crippen MR) is 223 cm³/mol. The summed E-state index contributed by atoms with van der Waals surface area (Å²) in [5.74, 6) is 0. The van der Waals surface area contributed by atoms with E-state index in [1.165, 1.54) is 35.5 Å². The van der Waals surface area contributed by atoms with Gasteiger partial charge in [-0.05, 0) is 98.2 Å². The summed E-state index contributed by atoms with van der Waals surface area (Å²) in [6.07, 6.45) is 6.78. The van der Waals surface area contributed by atoms with Crippen molar-refractivity contribution in [1.82, 2.24) is 19.6 Å². The van der Waals surface area contributed by atoms with E-state index in [9.17, 15) is 0 Å². The average molecular weight is 789 g/mol. The van der Waals surface area contributed by atoms with Gasteiger partial charge in [0.2, 0.25) is 0 Å². The zero-order valence-electron chi connectivity index (χ0n) is 30.6. The summed E-state index contributed by atoms with van der Waals surface area (Å²) in [6.45, 7) is 3.75. The first kappa shape index (κ1) is 35.6. The molecule has 0 saturated carbocycles. The molecule has 4 aliphatic heterocycles. The number of hydrogen-bond donors (Lipinski definition) is 0. The molecule has 0 aliphatic carbocycles. The van der Waals surface area contributed by atoms with Gasteiger partial charge in [0.1, 0.15) is 22.1 Å². The lowest BCUT2D eigenvalue weighted by atomic mass is 9.95. The van der Waals surface area contributed by atoms with Crippen molar-refractivity contribution in [1.29, 1.82) is 0 Å². The Morgan fingerprint density at radius 1 is 0.482 bits per heavy atom. The molecule has 14 heteroatoms. The van der Waals surface area contributed by atoms with E-state index in [4.69, 9.17) is 9.97 Å². The first-order valence-electron chi connectivity index (χ1n) is 19.5. The molecular formula is C42H38B2F4N6S2. The number of fused-ring (bicyclic) bond motifs is 3. The second-order valence-corrected chi connectivity index (χ2v) is 17.1. The minimum Gasteiger partial charge on any atom is -0.372 e. The van der Waals surface area contributed by atoms with Gasteiger partial charge in [-0.3, -0.25) is 17.3 Å². The van der Waals surface area contributed by atoms with Gasteiger partial charge in [-0.1, -0.05) is 48.5 Å². The molecule has 6 nitrogen and oxygen atoms in total. The Bertz CT molecular complexity index is 2220. The molecule has 6 heterocycles. The van der Waals surface area contributed by atoms with Crippen LogP contribution in [0.1, 0.15) is 71.8 Å². The average Bonchev–Trinajstić information content (AvgIpc) is 4.01. The van der Waals surface area contributed by atoms with Gasteiger partial charge in [0.05, 0.1) is 20.4 Å². The largest absolute Gasteiger partial charge is 0.674 e. The fraction of sp³-hybridized carbons (Fsp3) is 0.286. The third kappa shape index (κ3) is 6.07. The van der Waals surface area contributed by atoms with Crippen LogP contribution >= 0.6 is 22.7 Å². The molecule has 282 valence electrons. The van der Waals surface area contributed by atoms with Crippen LogP contribution in [0, 0.1) is 0 Å². The summed E-state index contributed by atoms with van der Waals surface area (Å²) in [5, 5.41) is 0.862. The SMILES string of the molecule is FB(F)N1C(c2ccc(N3CCCCC3)cc2)=C2C(=C(c3ccc(N4CCCCC4)cc3)N(B(F)F)C2c2nc3ccccc3s2)C1c1nc2ccccc2s1. The first-order chi connectivity index (χ1) is 27.4. The van der Waals surface area contributed by atoms with Crippen LogP contribution in [0.2, 0.25) is 0 Å². The van der Waals surface area contributed by atoms with E-state index in [1.807, 2.05) is 97.1 Å². The van der Waals surface area contributed by atoms with E-state index in [-0.39, 0.29) is 11.4 Å². The zero-order valence-corrected chi connectivity index (χ0v) is 32.3. The summed E-state index contributed by atoms with van der Waals surface area (Å²) in [6, 6.07) is 28.3.